The van der Waals surface area contributed by atoms with Gasteiger partial charge in [-0.2, -0.15) is 20.8 Å². The van der Waals surface area contributed by atoms with Gasteiger partial charge in [0.2, 0.25) is 0 Å². The van der Waals surface area contributed by atoms with Crippen molar-refractivity contribution in [3.63, 3.8) is 0 Å². The van der Waals surface area contributed by atoms with Crippen LogP contribution in [0.15, 0.2) is 10.2 Å². The lowest BCUT2D eigenvalue weighted by atomic mass is 9.93. The highest BCUT2D eigenvalue weighted by atomic mass is 16.5. The predicted molar refractivity (Wildman–Crippen MR) is 84.6 cm³/mol. The first-order valence-corrected chi connectivity index (χ1v) is 7.94. The van der Waals surface area contributed by atoms with Crippen LogP contribution in [0.5, 0.6) is 0 Å². The van der Waals surface area contributed by atoms with Crippen molar-refractivity contribution in [3.8, 4) is 12.1 Å². The van der Waals surface area contributed by atoms with Gasteiger partial charge in [-0.05, 0) is 26.7 Å². The number of ether oxygens (including phenoxy) is 2. The van der Waals surface area contributed by atoms with E-state index >= 15 is 0 Å². The zero-order valence-electron chi connectivity index (χ0n) is 14.7. The number of nitriles is 2. The maximum absolute atomic E-state index is 11.7. The summed E-state index contributed by atoms with van der Waals surface area (Å²) in [5, 5.41) is 26.8. The molecule has 0 fully saturated rings. The summed E-state index contributed by atoms with van der Waals surface area (Å²) in [6, 6.07) is 3.93. The number of azo groups is 1. The Balaban J connectivity index is 5.47. The minimum absolute atomic E-state index is 0.196. The SMILES string of the molecule is CCOC(=O)CC(C#N)(CC)N=NC(C#N)(CC)CC(=O)OCC. The average Bonchev–Trinajstić information content (AvgIpc) is 2.58. The predicted octanol–water partition coefficient (Wildman–Crippen LogP) is 2.69. The van der Waals surface area contributed by atoms with E-state index in [1.807, 2.05) is 12.1 Å². The van der Waals surface area contributed by atoms with Crippen molar-refractivity contribution in [2.75, 3.05) is 13.2 Å². The number of rotatable bonds is 10. The van der Waals surface area contributed by atoms with Crippen LogP contribution < -0.4 is 0 Å². The summed E-state index contributed by atoms with van der Waals surface area (Å²) < 4.78 is 9.70. The monoisotopic (exact) mass is 336 g/mol. The van der Waals surface area contributed by atoms with Gasteiger partial charge in [0, 0.05) is 0 Å². The van der Waals surface area contributed by atoms with Crippen LogP contribution in [0, 0.1) is 22.7 Å². The summed E-state index contributed by atoms with van der Waals surface area (Å²) in [5.74, 6) is -1.13. The Hall–Kier alpha value is -2.48. The van der Waals surface area contributed by atoms with Gasteiger partial charge in [0.05, 0.1) is 38.2 Å². The molecule has 0 amide bonds. The third-order valence-electron chi connectivity index (χ3n) is 3.50. The molecule has 24 heavy (non-hydrogen) atoms. The molecule has 0 heterocycles. The Morgan fingerprint density at radius 1 is 0.833 bits per heavy atom. The molecule has 0 saturated heterocycles. The molecule has 0 bridgehead atoms. The van der Waals surface area contributed by atoms with Crippen molar-refractivity contribution >= 4 is 11.9 Å². The van der Waals surface area contributed by atoms with Crippen LogP contribution in [0.25, 0.3) is 0 Å². The zero-order chi connectivity index (χ0) is 18.6. The van der Waals surface area contributed by atoms with Crippen LogP contribution in [0.4, 0.5) is 0 Å². The molecule has 8 heteroatoms. The lowest BCUT2D eigenvalue weighted by Crippen LogP contribution is -2.32. The van der Waals surface area contributed by atoms with Crippen LogP contribution in [-0.4, -0.2) is 36.2 Å². The van der Waals surface area contributed by atoms with Gasteiger partial charge in [-0.3, -0.25) is 9.59 Å². The summed E-state index contributed by atoms with van der Waals surface area (Å²) in [6.07, 6.45) is -0.0865. The average molecular weight is 336 g/mol. The second-order valence-corrected chi connectivity index (χ2v) is 5.16. The molecule has 8 nitrogen and oxygen atoms in total. The minimum atomic E-state index is -1.42. The van der Waals surface area contributed by atoms with Crippen LogP contribution in [-0.2, 0) is 19.1 Å². The van der Waals surface area contributed by atoms with Crippen LogP contribution in [0.1, 0.15) is 53.4 Å². The number of nitrogens with zero attached hydrogens (tertiary/aromatic N) is 4. The third-order valence-corrected chi connectivity index (χ3v) is 3.50. The fraction of sp³-hybridized carbons (Fsp3) is 0.750. The Morgan fingerprint density at radius 3 is 1.38 bits per heavy atom. The van der Waals surface area contributed by atoms with Crippen molar-refractivity contribution < 1.29 is 19.1 Å². The van der Waals surface area contributed by atoms with Crippen LogP contribution >= 0.6 is 0 Å². The molecule has 0 spiro atoms. The molecule has 2 unspecified atom stereocenters. The van der Waals surface area contributed by atoms with Crippen molar-refractivity contribution in [1.82, 2.24) is 0 Å². The quantitative estimate of drug-likeness (QED) is 0.446. The number of hydrogen-bond donors (Lipinski definition) is 0. The first kappa shape index (κ1) is 21.5. The Morgan fingerprint density at radius 2 is 1.17 bits per heavy atom. The molecule has 0 saturated carbocycles. The van der Waals surface area contributed by atoms with Crippen LogP contribution in [0.3, 0.4) is 0 Å². The van der Waals surface area contributed by atoms with Gasteiger partial charge in [-0.25, -0.2) is 0 Å². The fourth-order valence-electron chi connectivity index (χ4n) is 1.84. The van der Waals surface area contributed by atoms with E-state index in [1.54, 1.807) is 27.7 Å². The maximum atomic E-state index is 11.7. The van der Waals surface area contributed by atoms with Gasteiger partial charge in [0.1, 0.15) is 0 Å². The number of esters is 2. The molecule has 2 atom stereocenters. The summed E-state index contributed by atoms with van der Waals surface area (Å²) in [7, 11) is 0. The molecule has 0 aromatic carbocycles. The van der Waals surface area contributed by atoms with Gasteiger partial charge in [0.15, 0.2) is 11.1 Å². The van der Waals surface area contributed by atoms with E-state index in [-0.39, 0.29) is 38.9 Å². The second kappa shape index (κ2) is 10.3. The first-order valence-electron chi connectivity index (χ1n) is 7.94. The molecule has 0 aromatic heterocycles. The van der Waals surface area contributed by atoms with Crippen LogP contribution in [0.2, 0.25) is 0 Å². The molecule has 0 rings (SSSR count). The van der Waals surface area contributed by atoms with E-state index in [1.165, 1.54) is 0 Å². The van der Waals surface area contributed by atoms with E-state index in [4.69, 9.17) is 9.47 Å². The van der Waals surface area contributed by atoms with Crippen molar-refractivity contribution in [3.05, 3.63) is 0 Å². The molecule has 0 N–H and O–H groups in total. The molecule has 0 aliphatic rings. The number of hydrogen-bond acceptors (Lipinski definition) is 8. The smallest absolute Gasteiger partial charge is 0.309 e. The minimum Gasteiger partial charge on any atom is -0.466 e. The summed E-state index contributed by atoms with van der Waals surface area (Å²) >= 11 is 0. The van der Waals surface area contributed by atoms with E-state index in [0.717, 1.165) is 0 Å². The van der Waals surface area contributed by atoms with E-state index < -0.39 is 23.0 Å². The number of carbonyl (C=O) groups is 2. The third kappa shape index (κ3) is 6.33. The lowest BCUT2D eigenvalue weighted by Gasteiger charge is -2.22. The highest BCUT2D eigenvalue weighted by Gasteiger charge is 2.36. The molecule has 0 aromatic rings. The van der Waals surface area contributed by atoms with Gasteiger partial charge in [-0.1, -0.05) is 13.8 Å². The first-order chi connectivity index (χ1) is 11.4. The topological polar surface area (TPSA) is 125 Å². The lowest BCUT2D eigenvalue weighted by molar-refractivity contribution is -0.145. The number of carbonyl (C=O) groups excluding carboxylic acids is 2. The van der Waals surface area contributed by atoms with E-state index in [2.05, 4.69) is 10.2 Å². The summed E-state index contributed by atoms with van der Waals surface area (Å²) in [6.45, 7) is 7.09. The van der Waals surface area contributed by atoms with Gasteiger partial charge >= 0.3 is 11.9 Å². The van der Waals surface area contributed by atoms with Crippen molar-refractivity contribution in [2.45, 2.75) is 64.5 Å². The molecule has 0 aliphatic heterocycles. The second-order valence-electron chi connectivity index (χ2n) is 5.16. The van der Waals surface area contributed by atoms with Gasteiger partial charge in [-0.15, -0.1) is 0 Å². The van der Waals surface area contributed by atoms with E-state index in [9.17, 15) is 20.1 Å². The van der Waals surface area contributed by atoms with Gasteiger partial charge in [0.25, 0.3) is 0 Å². The fourth-order valence-corrected chi connectivity index (χ4v) is 1.84. The zero-order valence-corrected chi connectivity index (χ0v) is 14.7. The molecule has 132 valence electrons. The standard InChI is InChI=1S/C16H24N4O4/c1-5-15(11-17,9-13(21)23-7-3)19-20-16(6-2,12-18)10-14(22)24-8-4/h5-10H2,1-4H3. The highest BCUT2D eigenvalue weighted by Crippen LogP contribution is 2.27. The summed E-state index contributed by atoms with van der Waals surface area (Å²) in [4.78, 5) is 23.4. The highest BCUT2D eigenvalue weighted by molar-refractivity contribution is 5.72. The normalized spacial score (nSPS) is 15.6. The summed E-state index contributed by atoms with van der Waals surface area (Å²) in [5.41, 5.74) is -2.84. The van der Waals surface area contributed by atoms with Crippen molar-refractivity contribution in [2.24, 2.45) is 10.2 Å². The van der Waals surface area contributed by atoms with Crippen molar-refractivity contribution in [1.29, 1.82) is 10.5 Å². The molecular formula is C16H24N4O4. The Kier molecular flexibility index (Phi) is 9.26. The molecular weight excluding hydrogens is 312 g/mol. The van der Waals surface area contributed by atoms with Gasteiger partial charge < -0.3 is 9.47 Å². The maximum Gasteiger partial charge on any atom is 0.309 e. The van der Waals surface area contributed by atoms with E-state index in [0.29, 0.717) is 0 Å². The molecule has 0 radical (unpaired) electrons. The largest absolute Gasteiger partial charge is 0.466 e. The Bertz CT molecular complexity index is 501. The molecule has 0 aliphatic carbocycles. The Labute approximate surface area is 142 Å².